The molecule has 144 valence electrons. The van der Waals surface area contributed by atoms with Gasteiger partial charge < -0.3 is 0 Å². The molecule has 0 unspecified atom stereocenters. The van der Waals surface area contributed by atoms with Crippen molar-refractivity contribution in [1.82, 2.24) is 4.98 Å². The van der Waals surface area contributed by atoms with Crippen molar-refractivity contribution in [2.45, 2.75) is 19.6 Å². The molecule has 0 saturated carbocycles. The highest BCUT2D eigenvalue weighted by Gasteiger charge is 2.38. The fourth-order valence-electron chi connectivity index (χ4n) is 4.82. The molecule has 31 heavy (non-hydrogen) atoms. The van der Waals surface area contributed by atoms with Crippen LogP contribution in [0.2, 0.25) is 0 Å². The van der Waals surface area contributed by atoms with Crippen molar-refractivity contribution in [2.75, 3.05) is 0 Å². The molecule has 0 atom stereocenters. The zero-order valence-corrected chi connectivity index (χ0v) is 18.2. The predicted octanol–water partition coefficient (Wildman–Crippen LogP) is 5.35. The number of rotatable bonds is 1. The van der Waals surface area contributed by atoms with Crippen LogP contribution in [0.5, 0.6) is 0 Å². The first-order valence-electron chi connectivity index (χ1n) is 10.4. The van der Waals surface area contributed by atoms with Crippen molar-refractivity contribution in [2.24, 2.45) is 0 Å². The summed E-state index contributed by atoms with van der Waals surface area (Å²) in [7, 11) is 0. The van der Waals surface area contributed by atoms with Crippen molar-refractivity contribution in [3.05, 3.63) is 97.2 Å². The van der Waals surface area contributed by atoms with E-state index in [-0.39, 0.29) is 6.71 Å². The summed E-state index contributed by atoms with van der Waals surface area (Å²) in [5.41, 5.74) is 6.55. The molecule has 0 bridgehead atoms. The largest absolute Gasteiger partial charge is 0.256 e. The van der Waals surface area contributed by atoms with Crippen molar-refractivity contribution in [3.63, 3.8) is 0 Å². The van der Waals surface area contributed by atoms with Crippen LogP contribution in [-0.2, 0) is 0 Å². The first-order chi connectivity index (χ1) is 15.4. The van der Waals surface area contributed by atoms with Gasteiger partial charge in [-0.1, -0.05) is 101 Å². The Morgan fingerprint density at radius 1 is 0.613 bits per heavy atom. The Morgan fingerprint density at radius 2 is 1.29 bits per heavy atom. The second-order valence-electron chi connectivity index (χ2n) is 7.98. The first kappa shape index (κ1) is 17.7. The number of benzene rings is 4. The SMILES string of the molecule is c1ccc2c(c1)Sc1ccc(-c3cc4ccccc4cn3)c3c1B2c1ccccc1S3. The highest BCUT2D eigenvalue weighted by Crippen LogP contribution is 2.42. The van der Waals surface area contributed by atoms with Crippen LogP contribution in [0.25, 0.3) is 22.0 Å². The van der Waals surface area contributed by atoms with E-state index in [0.29, 0.717) is 0 Å². The Bertz CT molecular complexity index is 1500. The molecule has 1 aromatic heterocycles. The van der Waals surface area contributed by atoms with Crippen molar-refractivity contribution < 1.29 is 0 Å². The highest BCUT2D eigenvalue weighted by atomic mass is 32.2. The van der Waals surface area contributed by atoms with Gasteiger partial charge in [0.2, 0.25) is 6.71 Å². The summed E-state index contributed by atoms with van der Waals surface area (Å²) in [5, 5.41) is 2.41. The standard InChI is InChI=1S/C27H16BNS2/c1-2-8-18-16-29-22(15-17(18)7-1)19-13-14-25-26-27(19)31-24-12-6-4-10-21(24)28(26)20-9-3-5-11-23(20)30-25/h1-16H. The van der Waals surface area contributed by atoms with Gasteiger partial charge in [0.25, 0.3) is 0 Å². The molecule has 0 radical (unpaired) electrons. The van der Waals surface area contributed by atoms with Gasteiger partial charge in [0, 0.05) is 36.7 Å². The molecule has 0 aliphatic carbocycles. The smallest absolute Gasteiger partial charge is 0.247 e. The first-order valence-corrected chi connectivity index (χ1v) is 12.1. The average Bonchev–Trinajstić information content (AvgIpc) is 2.83. The Kier molecular flexibility index (Phi) is 3.87. The van der Waals surface area contributed by atoms with Gasteiger partial charge >= 0.3 is 0 Å². The maximum Gasteiger partial charge on any atom is 0.247 e. The number of aromatic nitrogens is 1. The van der Waals surface area contributed by atoms with Gasteiger partial charge in [-0.25, -0.2) is 0 Å². The summed E-state index contributed by atoms with van der Waals surface area (Å²) in [4.78, 5) is 10.3. The molecule has 2 aliphatic heterocycles. The number of nitrogens with zero attached hydrogens (tertiary/aromatic N) is 1. The zero-order valence-electron chi connectivity index (χ0n) is 16.6. The van der Waals surface area contributed by atoms with E-state index in [9.17, 15) is 0 Å². The van der Waals surface area contributed by atoms with Gasteiger partial charge in [0.15, 0.2) is 0 Å². The normalized spacial score (nSPS) is 13.5. The van der Waals surface area contributed by atoms with Crippen molar-refractivity contribution >= 4 is 57.4 Å². The van der Waals surface area contributed by atoms with Gasteiger partial charge in [-0.3, -0.25) is 4.98 Å². The number of fused-ring (bicyclic) bond motifs is 5. The number of pyridine rings is 1. The maximum absolute atomic E-state index is 4.86. The van der Waals surface area contributed by atoms with Crippen LogP contribution in [0.1, 0.15) is 0 Å². The molecule has 0 fully saturated rings. The quantitative estimate of drug-likeness (QED) is 0.327. The van der Waals surface area contributed by atoms with Crippen LogP contribution in [0, 0.1) is 0 Å². The van der Waals surface area contributed by atoms with E-state index in [1.165, 1.54) is 52.3 Å². The molecule has 4 heteroatoms. The van der Waals surface area contributed by atoms with E-state index in [2.05, 4.69) is 91.0 Å². The lowest BCUT2D eigenvalue weighted by molar-refractivity contribution is 1.28. The molecule has 0 N–H and O–H groups in total. The third-order valence-electron chi connectivity index (χ3n) is 6.24. The molecular formula is C27H16BNS2. The summed E-state index contributed by atoms with van der Waals surface area (Å²) in [5.74, 6) is 0. The van der Waals surface area contributed by atoms with E-state index in [0.717, 1.165) is 5.69 Å². The fraction of sp³-hybridized carbons (Fsp3) is 0. The lowest BCUT2D eigenvalue weighted by atomic mass is 9.36. The van der Waals surface area contributed by atoms with Gasteiger partial charge in [0.1, 0.15) is 0 Å². The minimum Gasteiger partial charge on any atom is -0.256 e. The van der Waals surface area contributed by atoms with E-state index >= 15 is 0 Å². The Balaban J connectivity index is 1.51. The number of hydrogen-bond acceptors (Lipinski definition) is 3. The summed E-state index contributed by atoms with van der Waals surface area (Å²) < 4.78 is 0. The molecule has 3 heterocycles. The summed E-state index contributed by atoms with van der Waals surface area (Å²) >= 11 is 3.79. The molecule has 0 amide bonds. The molecule has 0 spiro atoms. The van der Waals surface area contributed by atoms with Crippen molar-refractivity contribution in [1.29, 1.82) is 0 Å². The third kappa shape index (κ3) is 2.65. The molecule has 0 saturated heterocycles. The second kappa shape index (κ2) is 6.78. The molecule has 4 aromatic carbocycles. The molecule has 2 aliphatic rings. The lowest BCUT2D eigenvalue weighted by Crippen LogP contribution is -2.58. The molecular weight excluding hydrogens is 413 g/mol. The zero-order chi connectivity index (χ0) is 20.4. The fourth-order valence-corrected chi connectivity index (χ4v) is 7.33. The maximum atomic E-state index is 4.86. The van der Waals surface area contributed by atoms with Gasteiger partial charge in [0.05, 0.1) is 5.69 Å². The van der Waals surface area contributed by atoms with Gasteiger partial charge in [-0.05, 0) is 35.1 Å². The Morgan fingerprint density at radius 3 is 2.10 bits per heavy atom. The third-order valence-corrected chi connectivity index (χ3v) is 8.65. The van der Waals surface area contributed by atoms with Crippen LogP contribution in [0.3, 0.4) is 0 Å². The summed E-state index contributed by atoms with van der Waals surface area (Å²) in [6.45, 7) is 0.278. The van der Waals surface area contributed by atoms with Gasteiger partial charge in [-0.15, -0.1) is 0 Å². The van der Waals surface area contributed by atoms with Crippen LogP contribution in [-0.4, -0.2) is 11.7 Å². The molecule has 5 aromatic rings. The average molecular weight is 429 g/mol. The summed E-state index contributed by atoms with van der Waals surface area (Å²) in [6.07, 6.45) is 2.00. The van der Waals surface area contributed by atoms with Crippen LogP contribution >= 0.6 is 23.5 Å². The molecule has 1 nitrogen and oxygen atoms in total. The van der Waals surface area contributed by atoms with E-state index in [1.807, 2.05) is 29.7 Å². The van der Waals surface area contributed by atoms with Crippen LogP contribution < -0.4 is 16.4 Å². The van der Waals surface area contributed by atoms with Crippen LogP contribution in [0.4, 0.5) is 0 Å². The van der Waals surface area contributed by atoms with Crippen LogP contribution in [0.15, 0.2) is 117 Å². The lowest BCUT2D eigenvalue weighted by Gasteiger charge is -2.33. The van der Waals surface area contributed by atoms with E-state index < -0.39 is 0 Å². The minimum absolute atomic E-state index is 0.278. The van der Waals surface area contributed by atoms with Gasteiger partial charge in [-0.2, -0.15) is 0 Å². The summed E-state index contributed by atoms with van der Waals surface area (Å²) in [6, 6.07) is 33.0. The highest BCUT2D eigenvalue weighted by molar-refractivity contribution is 8.01. The Hall–Kier alpha value is -2.95. The van der Waals surface area contributed by atoms with E-state index in [4.69, 9.17) is 4.98 Å². The second-order valence-corrected chi connectivity index (χ2v) is 10.1. The monoisotopic (exact) mass is 429 g/mol. The minimum atomic E-state index is 0.278. The topological polar surface area (TPSA) is 12.9 Å². The Labute approximate surface area is 190 Å². The molecule has 7 rings (SSSR count). The number of hydrogen-bond donors (Lipinski definition) is 0. The van der Waals surface area contributed by atoms with E-state index in [1.54, 1.807) is 0 Å². The predicted molar refractivity (Wildman–Crippen MR) is 133 cm³/mol. The van der Waals surface area contributed by atoms with Crippen molar-refractivity contribution in [3.8, 4) is 11.3 Å².